The van der Waals surface area contributed by atoms with Gasteiger partial charge in [-0.1, -0.05) is 6.08 Å². The summed E-state index contributed by atoms with van der Waals surface area (Å²) in [7, 11) is 3.37. The number of quaternary nitrogens is 1. The summed E-state index contributed by atoms with van der Waals surface area (Å²) in [6.45, 7) is 7.14. The summed E-state index contributed by atoms with van der Waals surface area (Å²) in [5.74, 6) is 2.73. The Morgan fingerprint density at radius 1 is 1.12 bits per heavy atom. The number of pyridine rings is 1. The molecule has 3 aliphatic rings. The van der Waals surface area contributed by atoms with E-state index in [1.165, 1.54) is 12.0 Å². The summed E-state index contributed by atoms with van der Waals surface area (Å²) in [5.41, 5.74) is 3.10. The van der Waals surface area contributed by atoms with Gasteiger partial charge in [-0.15, -0.1) is 6.58 Å². The van der Waals surface area contributed by atoms with E-state index in [1.807, 2.05) is 42.6 Å². The van der Waals surface area contributed by atoms with E-state index in [0.717, 1.165) is 58.5 Å². The lowest BCUT2D eigenvalue weighted by molar-refractivity contribution is -0.984. The van der Waals surface area contributed by atoms with Crippen LogP contribution in [0.2, 0.25) is 0 Å². The lowest BCUT2D eigenvalue weighted by Gasteiger charge is -2.58. The fraction of sp³-hybridized carbons (Fsp3) is 0.393. The minimum atomic E-state index is -0.575. The summed E-state index contributed by atoms with van der Waals surface area (Å²) in [4.78, 5) is 4.52. The number of aromatic nitrogens is 1. The van der Waals surface area contributed by atoms with Gasteiger partial charge >= 0.3 is 0 Å². The number of fused-ring (bicyclic) bond motifs is 4. The second-order valence-corrected chi connectivity index (χ2v) is 9.61. The fourth-order valence-electron chi connectivity index (χ4n) is 6.21. The standard InChI is InChI=1S/C28H33N2O3/c1-4-20-18-30(17-19-5-7-22(32-2)8-6-19)14-12-21(20)15-27(30)28(31)24-11-13-29-26-10-9-23(33-3)16-25(24)26/h4-11,13,16,20-21,27-28,31H,1,12,14-15,17-18H2,2-3H3/q+1/t20?,21?,27?,28-,30?/m0/s1. The number of aliphatic hydroxyl groups excluding tert-OH is 1. The van der Waals surface area contributed by atoms with Crippen molar-refractivity contribution in [2.45, 2.75) is 31.5 Å². The Labute approximate surface area is 195 Å². The molecule has 33 heavy (non-hydrogen) atoms. The van der Waals surface area contributed by atoms with Crippen molar-refractivity contribution in [2.75, 3.05) is 27.3 Å². The first-order valence-corrected chi connectivity index (χ1v) is 11.8. The van der Waals surface area contributed by atoms with E-state index in [0.29, 0.717) is 11.8 Å². The summed E-state index contributed by atoms with van der Waals surface area (Å²) < 4.78 is 11.7. The molecular weight excluding hydrogens is 412 g/mol. The topological polar surface area (TPSA) is 51.6 Å². The first kappa shape index (κ1) is 21.9. The van der Waals surface area contributed by atoms with Crippen LogP contribution in [0.15, 0.2) is 67.4 Å². The Bertz CT molecular complexity index is 1150. The fourth-order valence-corrected chi connectivity index (χ4v) is 6.21. The van der Waals surface area contributed by atoms with Crippen molar-refractivity contribution in [3.05, 3.63) is 78.5 Å². The number of rotatable bonds is 7. The molecule has 0 radical (unpaired) electrons. The molecule has 4 unspecified atom stereocenters. The van der Waals surface area contributed by atoms with Crippen LogP contribution in [0.1, 0.15) is 30.1 Å². The highest BCUT2D eigenvalue weighted by Gasteiger charge is 2.54. The Kier molecular flexibility index (Phi) is 5.85. The van der Waals surface area contributed by atoms with Crippen molar-refractivity contribution in [2.24, 2.45) is 11.8 Å². The van der Waals surface area contributed by atoms with E-state index in [4.69, 9.17) is 9.47 Å². The van der Waals surface area contributed by atoms with Crippen molar-refractivity contribution < 1.29 is 19.1 Å². The zero-order valence-electron chi connectivity index (χ0n) is 19.5. The van der Waals surface area contributed by atoms with Gasteiger partial charge in [0.15, 0.2) is 0 Å². The summed E-state index contributed by atoms with van der Waals surface area (Å²) in [6, 6.07) is 16.4. The average Bonchev–Trinajstić information content (AvgIpc) is 2.88. The maximum absolute atomic E-state index is 11.9. The average molecular weight is 446 g/mol. The second-order valence-electron chi connectivity index (χ2n) is 9.61. The highest BCUT2D eigenvalue weighted by molar-refractivity contribution is 5.83. The van der Waals surface area contributed by atoms with Gasteiger partial charge in [0.1, 0.15) is 30.2 Å². The van der Waals surface area contributed by atoms with Gasteiger partial charge in [-0.05, 0) is 60.0 Å². The van der Waals surface area contributed by atoms with E-state index >= 15 is 0 Å². The van der Waals surface area contributed by atoms with Gasteiger partial charge in [0.05, 0.1) is 32.8 Å². The monoisotopic (exact) mass is 445 g/mol. The molecule has 3 aliphatic heterocycles. The van der Waals surface area contributed by atoms with Gasteiger partial charge in [-0.2, -0.15) is 0 Å². The maximum atomic E-state index is 11.9. The quantitative estimate of drug-likeness (QED) is 0.415. The highest BCUT2D eigenvalue weighted by Crippen LogP contribution is 2.48. The number of methoxy groups -OCH3 is 2. The molecule has 4 heterocycles. The molecule has 3 aromatic rings. The molecule has 6 rings (SSSR count). The molecule has 0 spiro atoms. The first-order chi connectivity index (χ1) is 16.1. The van der Waals surface area contributed by atoms with Crippen molar-refractivity contribution in [3.8, 4) is 11.5 Å². The lowest BCUT2D eigenvalue weighted by Crippen LogP contribution is -2.67. The molecule has 172 valence electrons. The third kappa shape index (κ3) is 3.90. The molecule has 1 aromatic heterocycles. The van der Waals surface area contributed by atoms with Crippen LogP contribution in [0.5, 0.6) is 11.5 Å². The number of hydrogen-bond acceptors (Lipinski definition) is 4. The molecule has 5 atom stereocenters. The van der Waals surface area contributed by atoms with Crippen molar-refractivity contribution in [1.29, 1.82) is 0 Å². The molecule has 0 aliphatic carbocycles. The van der Waals surface area contributed by atoms with Crippen LogP contribution in [0, 0.1) is 11.8 Å². The van der Waals surface area contributed by atoms with Gasteiger partial charge in [0.2, 0.25) is 0 Å². The predicted octanol–water partition coefficient (Wildman–Crippen LogP) is 4.90. The summed E-state index contributed by atoms with van der Waals surface area (Å²) in [5, 5.41) is 12.9. The molecule has 2 bridgehead atoms. The van der Waals surface area contributed by atoms with E-state index in [1.54, 1.807) is 14.2 Å². The summed E-state index contributed by atoms with van der Waals surface area (Å²) in [6.07, 6.45) is 5.56. The van der Waals surface area contributed by atoms with Gasteiger partial charge in [0, 0.05) is 35.9 Å². The number of piperidine rings is 3. The van der Waals surface area contributed by atoms with E-state index in [9.17, 15) is 5.11 Å². The molecular formula is C28H33N2O3+. The largest absolute Gasteiger partial charge is 0.497 e. The third-order valence-electron chi connectivity index (χ3n) is 8.00. The Hall–Kier alpha value is -2.89. The molecule has 2 aromatic carbocycles. The van der Waals surface area contributed by atoms with Crippen molar-refractivity contribution >= 4 is 10.9 Å². The van der Waals surface area contributed by atoms with Gasteiger partial charge in [0.25, 0.3) is 0 Å². The molecule has 0 amide bonds. The second kappa shape index (κ2) is 8.81. The Morgan fingerprint density at radius 3 is 2.61 bits per heavy atom. The summed E-state index contributed by atoms with van der Waals surface area (Å²) >= 11 is 0. The predicted molar refractivity (Wildman–Crippen MR) is 130 cm³/mol. The zero-order chi connectivity index (χ0) is 23.0. The van der Waals surface area contributed by atoms with Crippen LogP contribution in [0.3, 0.4) is 0 Å². The Balaban J connectivity index is 1.54. The van der Waals surface area contributed by atoms with Gasteiger partial charge in [-0.25, -0.2) is 0 Å². The van der Waals surface area contributed by atoms with Crippen LogP contribution in [0.4, 0.5) is 0 Å². The number of hydrogen-bond donors (Lipinski definition) is 1. The molecule has 5 heteroatoms. The SMILES string of the molecule is C=CC1C[N+]2(Cc3ccc(OC)cc3)CCC1CC2[C@@H](O)c1ccnc2ccc(OC)cc12. The maximum Gasteiger partial charge on any atom is 0.131 e. The Morgan fingerprint density at radius 2 is 1.88 bits per heavy atom. The minimum absolute atomic E-state index is 0.124. The van der Waals surface area contributed by atoms with Crippen LogP contribution in [-0.4, -0.2) is 47.9 Å². The van der Waals surface area contributed by atoms with Crippen molar-refractivity contribution in [3.63, 3.8) is 0 Å². The van der Waals surface area contributed by atoms with Crippen molar-refractivity contribution in [1.82, 2.24) is 4.98 Å². The smallest absolute Gasteiger partial charge is 0.131 e. The number of ether oxygens (including phenoxy) is 2. The molecule has 3 fully saturated rings. The third-order valence-corrected chi connectivity index (χ3v) is 8.00. The van der Waals surface area contributed by atoms with Gasteiger partial charge in [-0.3, -0.25) is 4.98 Å². The minimum Gasteiger partial charge on any atom is -0.497 e. The number of benzene rings is 2. The molecule has 0 saturated carbocycles. The molecule has 1 N–H and O–H groups in total. The zero-order valence-corrected chi connectivity index (χ0v) is 19.5. The van der Waals surface area contributed by atoms with E-state index in [-0.39, 0.29) is 6.04 Å². The normalized spacial score (nSPS) is 27.3. The molecule has 5 nitrogen and oxygen atoms in total. The highest BCUT2D eigenvalue weighted by atomic mass is 16.5. The lowest BCUT2D eigenvalue weighted by atomic mass is 9.71. The van der Waals surface area contributed by atoms with Crippen LogP contribution < -0.4 is 9.47 Å². The number of aliphatic hydroxyl groups is 1. The van der Waals surface area contributed by atoms with Crippen LogP contribution >= 0.6 is 0 Å². The van der Waals surface area contributed by atoms with E-state index < -0.39 is 6.10 Å². The molecule has 3 saturated heterocycles. The number of nitrogens with zero attached hydrogens (tertiary/aromatic N) is 2. The van der Waals surface area contributed by atoms with Crippen LogP contribution in [-0.2, 0) is 6.54 Å². The first-order valence-electron chi connectivity index (χ1n) is 11.8. The van der Waals surface area contributed by atoms with Crippen LogP contribution in [0.25, 0.3) is 10.9 Å². The van der Waals surface area contributed by atoms with E-state index in [2.05, 4.69) is 29.8 Å². The van der Waals surface area contributed by atoms with Gasteiger partial charge < -0.3 is 19.1 Å².